The molecule has 1 aromatic carbocycles. The van der Waals surface area contributed by atoms with Gasteiger partial charge in [-0.2, -0.15) is 0 Å². The van der Waals surface area contributed by atoms with Crippen LogP contribution in [-0.4, -0.2) is 21.6 Å². The fraction of sp³-hybridized carbons (Fsp3) is 0.455. The maximum atomic E-state index is 12.0. The van der Waals surface area contributed by atoms with Gasteiger partial charge >= 0.3 is 0 Å². The van der Waals surface area contributed by atoms with E-state index in [0.29, 0.717) is 0 Å². The third kappa shape index (κ3) is 2.66. The van der Waals surface area contributed by atoms with Crippen LogP contribution in [0.15, 0.2) is 29.2 Å². The Morgan fingerprint density at radius 1 is 1.14 bits per heavy atom. The molecule has 1 atom stereocenters. The van der Waals surface area contributed by atoms with E-state index in [2.05, 4.69) is 0 Å². The Morgan fingerprint density at radius 2 is 1.64 bits per heavy atom. The van der Waals surface area contributed by atoms with Crippen molar-refractivity contribution in [3.63, 3.8) is 0 Å². The molecule has 0 aliphatic carbocycles. The highest BCUT2D eigenvalue weighted by Crippen LogP contribution is 2.11. The molecule has 1 aromatic rings. The largest absolute Gasteiger partial charge is 0.237 e. The van der Waals surface area contributed by atoms with Crippen molar-refractivity contribution < 1.29 is 4.21 Å². The molecule has 0 spiro atoms. The summed E-state index contributed by atoms with van der Waals surface area (Å²) in [6.07, 6.45) is 0. The number of rotatable bonds is 4. The zero-order valence-electron chi connectivity index (χ0n) is 8.99. The number of benzene rings is 1. The average Bonchev–Trinajstić information content (AvgIpc) is 2.20. The lowest BCUT2D eigenvalue weighted by Crippen LogP contribution is -2.25. The first-order valence-electron chi connectivity index (χ1n) is 4.92. The molecule has 0 fully saturated rings. The van der Waals surface area contributed by atoms with Gasteiger partial charge in [0.05, 0.1) is 4.90 Å². The number of aryl methyl sites for hydroxylation is 1. The van der Waals surface area contributed by atoms with E-state index in [-0.39, 0.29) is 0 Å². The molecule has 0 aromatic heterocycles. The van der Waals surface area contributed by atoms with Gasteiger partial charge in [-0.05, 0) is 19.1 Å². The Bertz CT molecular complexity index is 304. The Morgan fingerprint density at radius 3 is 2.07 bits per heavy atom. The highest BCUT2D eigenvalue weighted by Gasteiger charge is 2.10. The quantitative estimate of drug-likeness (QED) is 0.748. The lowest BCUT2D eigenvalue weighted by molar-refractivity contribution is 0.489. The predicted octanol–water partition coefficient (Wildman–Crippen LogP) is 2.36. The van der Waals surface area contributed by atoms with Crippen LogP contribution >= 0.6 is 0 Å². The first-order valence-corrected chi connectivity index (χ1v) is 6.03. The van der Waals surface area contributed by atoms with E-state index in [4.69, 9.17) is 0 Å². The van der Waals surface area contributed by atoms with Crippen LogP contribution in [0.4, 0.5) is 0 Å². The van der Waals surface area contributed by atoms with E-state index >= 15 is 0 Å². The zero-order valence-corrected chi connectivity index (χ0v) is 9.80. The van der Waals surface area contributed by atoms with Crippen LogP contribution in [0.5, 0.6) is 0 Å². The second-order valence-electron chi connectivity index (χ2n) is 3.18. The summed E-state index contributed by atoms with van der Waals surface area (Å²) >= 11 is 0. The molecule has 0 saturated carbocycles. The smallest absolute Gasteiger partial charge is 0.127 e. The monoisotopic (exact) mass is 211 g/mol. The maximum Gasteiger partial charge on any atom is 0.127 e. The standard InChI is InChI=1S/C11H17NOS/c1-4-12(5-2)14(13)11-8-6-10(3)7-9-11/h6-9H,4-5H2,1-3H3/t14-/m0/s1. The zero-order chi connectivity index (χ0) is 10.6. The van der Waals surface area contributed by atoms with E-state index in [1.54, 1.807) is 0 Å². The summed E-state index contributed by atoms with van der Waals surface area (Å²) in [5.74, 6) is 0. The van der Waals surface area contributed by atoms with Crippen LogP contribution in [0, 0.1) is 6.92 Å². The fourth-order valence-corrected chi connectivity index (χ4v) is 2.40. The Hall–Kier alpha value is -0.670. The molecule has 0 bridgehead atoms. The second-order valence-corrected chi connectivity index (χ2v) is 4.66. The summed E-state index contributed by atoms with van der Waals surface area (Å²) in [6, 6.07) is 7.86. The van der Waals surface area contributed by atoms with Crippen molar-refractivity contribution in [1.82, 2.24) is 4.31 Å². The van der Waals surface area contributed by atoms with Gasteiger partial charge in [-0.1, -0.05) is 31.5 Å². The Kier molecular flexibility index (Phi) is 4.29. The van der Waals surface area contributed by atoms with Crippen LogP contribution in [0.1, 0.15) is 19.4 Å². The summed E-state index contributed by atoms with van der Waals surface area (Å²) < 4.78 is 13.9. The van der Waals surface area contributed by atoms with E-state index in [0.717, 1.165) is 18.0 Å². The van der Waals surface area contributed by atoms with Crippen LogP contribution in [0.3, 0.4) is 0 Å². The fourth-order valence-electron chi connectivity index (χ4n) is 1.26. The average molecular weight is 211 g/mol. The molecule has 14 heavy (non-hydrogen) atoms. The topological polar surface area (TPSA) is 20.3 Å². The first kappa shape index (κ1) is 11.4. The Labute approximate surface area is 88.5 Å². The molecule has 0 unspecified atom stereocenters. The molecule has 78 valence electrons. The molecular formula is C11H17NOS. The van der Waals surface area contributed by atoms with Crippen LogP contribution in [0.2, 0.25) is 0 Å². The summed E-state index contributed by atoms with van der Waals surface area (Å²) in [5.41, 5.74) is 1.20. The van der Waals surface area contributed by atoms with Gasteiger partial charge in [-0.3, -0.25) is 0 Å². The third-order valence-electron chi connectivity index (χ3n) is 2.16. The minimum atomic E-state index is -0.996. The molecule has 0 aliphatic rings. The predicted molar refractivity (Wildman–Crippen MR) is 60.5 cm³/mol. The van der Waals surface area contributed by atoms with Gasteiger partial charge in [-0.15, -0.1) is 0 Å². The van der Waals surface area contributed by atoms with E-state index in [9.17, 15) is 4.21 Å². The van der Waals surface area contributed by atoms with Crippen molar-refractivity contribution >= 4 is 11.0 Å². The third-order valence-corrected chi connectivity index (χ3v) is 3.82. The minimum absolute atomic E-state index is 0.816. The van der Waals surface area contributed by atoms with Crippen LogP contribution in [-0.2, 0) is 11.0 Å². The van der Waals surface area contributed by atoms with Crippen molar-refractivity contribution in [2.75, 3.05) is 13.1 Å². The van der Waals surface area contributed by atoms with Crippen molar-refractivity contribution in [3.8, 4) is 0 Å². The molecular weight excluding hydrogens is 194 g/mol. The van der Waals surface area contributed by atoms with Gasteiger partial charge in [0.25, 0.3) is 0 Å². The molecule has 2 nitrogen and oxygen atoms in total. The number of hydrogen-bond acceptors (Lipinski definition) is 1. The molecule has 0 saturated heterocycles. The summed E-state index contributed by atoms with van der Waals surface area (Å²) in [5, 5.41) is 0. The Balaban J connectivity index is 2.83. The van der Waals surface area contributed by atoms with Gasteiger partial charge in [0.15, 0.2) is 0 Å². The minimum Gasteiger partial charge on any atom is -0.237 e. The van der Waals surface area contributed by atoms with Crippen molar-refractivity contribution in [2.45, 2.75) is 25.7 Å². The highest BCUT2D eigenvalue weighted by atomic mass is 32.2. The van der Waals surface area contributed by atoms with Crippen LogP contribution in [0.25, 0.3) is 0 Å². The van der Waals surface area contributed by atoms with Gasteiger partial charge in [0.1, 0.15) is 11.0 Å². The maximum absolute atomic E-state index is 12.0. The molecule has 0 heterocycles. The van der Waals surface area contributed by atoms with Crippen LogP contribution < -0.4 is 0 Å². The van der Waals surface area contributed by atoms with Crippen molar-refractivity contribution in [1.29, 1.82) is 0 Å². The number of hydrogen-bond donors (Lipinski definition) is 0. The summed E-state index contributed by atoms with van der Waals surface area (Å²) in [6.45, 7) is 7.71. The highest BCUT2D eigenvalue weighted by molar-refractivity contribution is 7.82. The van der Waals surface area contributed by atoms with Gasteiger partial charge in [0.2, 0.25) is 0 Å². The second kappa shape index (κ2) is 5.27. The number of nitrogens with zero attached hydrogens (tertiary/aromatic N) is 1. The summed E-state index contributed by atoms with van der Waals surface area (Å²) in [7, 11) is -0.996. The van der Waals surface area contributed by atoms with E-state index < -0.39 is 11.0 Å². The van der Waals surface area contributed by atoms with Gasteiger partial charge < -0.3 is 0 Å². The van der Waals surface area contributed by atoms with E-state index in [1.807, 2.05) is 49.3 Å². The lowest BCUT2D eigenvalue weighted by atomic mass is 10.2. The molecule has 0 N–H and O–H groups in total. The van der Waals surface area contributed by atoms with E-state index in [1.165, 1.54) is 5.56 Å². The molecule has 1 rings (SSSR count). The van der Waals surface area contributed by atoms with Gasteiger partial charge in [-0.25, -0.2) is 8.51 Å². The molecule has 3 heteroatoms. The SMILES string of the molecule is CCN(CC)[S@@](=O)c1ccc(C)cc1. The van der Waals surface area contributed by atoms with Crippen molar-refractivity contribution in [2.24, 2.45) is 0 Å². The van der Waals surface area contributed by atoms with Crippen molar-refractivity contribution in [3.05, 3.63) is 29.8 Å². The molecule has 0 amide bonds. The molecule has 0 aliphatic heterocycles. The lowest BCUT2D eigenvalue weighted by Gasteiger charge is -2.16. The summed E-state index contributed by atoms with van der Waals surface area (Å²) in [4.78, 5) is 0.888. The first-order chi connectivity index (χ1) is 6.69. The van der Waals surface area contributed by atoms with Gasteiger partial charge in [0, 0.05) is 13.1 Å². The normalized spacial score (nSPS) is 13.1. The molecule has 0 radical (unpaired) electrons.